The quantitative estimate of drug-likeness (QED) is 0.424. The molecule has 0 aromatic heterocycles. The van der Waals surface area contributed by atoms with Gasteiger partial charge in [-0.05, 0) is 143 Å². The predicted molar refractivity (Wildman–Crippen MR) is 122 cm³/mol. The second kappa shape index (κ2) is 5.92. The molecule has 0 saturated heterocycles. The molecule has 0 N–H and O–H groups in total. The largest absolute Gasteiger partial charge is 0.0911 e. The van der Waals surface area contributed by atoms with E-state index in [0.29, 0.717) is 27.1 Å². The first-order chi connectivity index (χ1) is 13.9. The minimum absolute atomic E-state index is 0.505. The average Bonchev–Trinajstić information content (AvgIpc) is 2.59. The van der Waals surface area contributed by atoms with Crippen LogP contribution in [0.3, 0.4) is 0 Å². The molecule has 4 unspecified atom stereocenters. The van der Waals surface area contributed by atoms with Crippen LogP contribution in [-0.4, -0.2) is 0 Å². The molecule has 0 heterocycles. The summed E-state index contributed by atoms with van der Waals surface area (Å²) in [6.07, 6.45) is 33.6. The zero-order valence-corrected chi connectivity index (χ0v) is 19.2. The van der Waals surface area contributed by atoms with E-state index in [1.54, 1.807) is 25.7 Å². The lowest BCUT2D eigenvalue weighted by molar-refractivity contribution is -0.236. The van der Waals surface area contributed by atoms with Gasteiger partial charge in [0.2, 0.25) is 0 Å². The van der Waals surface area contributed by atoms with E-state index in [1.807, 2.05) is 0 Å². The molecule has 0 nitrogen and oxygen atoms in total. The molecule has 8 fully saturated rings. The van der Waals surface area contributed by atoms with Gasteiger partial charge in [0.25, 0.3) is 0 Å². The Bertz CT molecular complexity index is 736. The Balaban J connectivity index is 1.48. The van der Waals surface area contributed by atoms with Crippen molar-refractivity contribution < 1.29 is 0 Å². The topological polar surface area (TPSA) is 0 Å². The molecule has 0 amide bonds. The van der Waals surface area contributed by atoms with E-state index in [9.17, 15) is 0 Å². The van der Waals surface area contributed by atoms with E-state index in [4.69, 9.17) is 0 Å². The van der Waals surface area contributed by atoms with Crippen LogP contribution in [0.15, 0.2) is 36.5 Å². The third kappa shape index (κ3) is 2.50. The third-order valence-electron chi connectivity index (χ3n) is 10.9. The standard InChI is InChI=1S/C29H42/c1-4-7-25-11-22-10-23(12-25)16-28(15-22,19-25)29-17-24-13-26(20-29,8-5-2)18-27(14-24,21-29)9-6-3/h4-9,22-24H,10-21H2,1-3H3. The summed E-state index contributed by atoms with van der Waals surface area (Å²) in [5.41, 5.74) is 2.84. The van der Waals surface area contributed by atoms with Crippen molar-refractivity contribution >= 4 is 0 Å². The van der Waals surface area contributed by atoms with Crippen molar-refractivity contribution in [3.05, 3.63) is 36.5 Å². The van der Waals surface area contributed by atoms with E-state index in [0.717, 1.165) is 17.8 Å². The van der Waals surface area contributed by atoms with Crippen LogP contribution in [0.25, 0.3) is 0 Å². The Morgan fingerprint density at radius 3 is 1.48 bits per heavy atom. The van der Waals surface area contributed by atoms with Crippen LogP contribution in [0.1, 0.15) is 97.8 Å². The van der Waals surface area contributed by atoms with Gasteiger partial charge in [0.15, 0.2) is 0 Å². The maximum Gasteiger partial charge on any atom is -0.0102 e. The van der Waals surface area contributed by atoms with Gasteiger partial charge in [-0.1, -0.05) is 36.5 Å². The van der Waals surface area contributed by atoms with E-state index < -0.39 is 0 Å². The predicted octanol–water partition coefficient (Wildman–Crippen LogP) is 8.26. The molecule has 0 aromatic rings. The summed E-state index contributed by atoms with van der Waals surface area (Å²) in [5.74, 6) is 3.02. The zero-order chi connectivity index (χ0) is 20.0. The van der Waals surface area contributed by atoms with Crippen LogP contribution in [0.5, 0.6) is 0 Å². The summed E-state index contributed by atoms with van der Waals surface area (Å²) in [4.78, 5) is 0. The van der Waals surface area contributed by atoms with Crippen molar-refractivity contribution in [3.63, 3.8) is 0 Å². The molecule has 0 radical (unpaired) electrons. The van der Waals surface area contributed by atoms with Crippen LogP contribution in [0.2, 0.25) is 0 Å². The monoisotopic (exact) mass is 390 g/mol. The van der Waals surface area contributed by atoms with E-state index in [2.05, 4.69) is 57.2 Å². The molecule has 4 atom stereocenters. The number of hydrogen-bond acceptors (Lipinski definition) is 0. The molecule has 0 heteroatoms. The lowest BCUT2D eigenvalue weighted by atomic mass is 9.29. The molecule has 8 aliphatic rings. The highest BCUT2D eigenvalue weighted by Crippen LogP contribution is 2.81. The van der Waals surface area contributed by atoms with Gasteiger partial charge >= 0.3 is 0 Å². The summed E-state index contributed by atoms with van der Waals surface area (Å²) in [6, 6.07) is 0. The molecule has 0 aromatic carbocycles. The van der Waals surface area contributed by atoms with Gasteiger partial charge in [-0.15, -0.1) is 0 Å². The van der Waals surface area contributed by atoms with Crippen LogP contribution < -0.4 is 0 Å². The highest BCUT2D eigenvalue weighted by atomic mass is 14.7. The maximum atomic E-state index is 2.69. The van der Waals surface area contributed by atoms with Crippen molar-refractivity contribution in [3.8, 4) is 0 Å². The summed E-state index contributed by atoms with van der Waals surface area (Å²) >= 11 is 0. The van der Waals surface area contributed by atoms with Crippen LogP contribution >= 0.6 is 0 Å². The highest BCUT2D eigenvalue weighted by Gasteiger charge is 2.71. The second-order valence-electron chi connectivity index (χ2n) is 13.1. The molecule has 8 aliphatic carbocycles. The first-order valence-electron chi connectivity index (χ1n) is 12.8. The second-order valence-corrected chi connectivity index (χ2v) is 13.1. The van der Waals surface area contributed by atoms with Crippen molar-refractivity contribution in [1.82, 2.24) is 0 Å². The minimum atomic E-state index is 0.505. The molecule has 158 valence electrons. The fourth-order valence-corrected chi connectivity index (χ4v) is 11.8. The first-order valence-corrected chi connectivity index (χ1v) is 12.8. The molecule has 0 spiro atoms. The Kier molecular flexibility index (Phi) is 3.87. The van der Waals surface area contributed by atoms with Crippen LogP contribution in [-0.2, 0) is 0 Å². The normalized spacial score (nSPS) is 57.8. The van der Waals surface area contributed by atoms with Crippen molar-refractivity contribution in [1.29, 1.82) is 0 Å². The lowest BCUT2D eigenvalue weighted by Crippen LogP contribution is -2.65. The summed E-state index contributed by atoms with van der Waals surface area (Å²) in [5, 5.41) is 0. The van der Waals surface area contributed by atoms with E-state index in [-0.39, 0.29) is 0 Å². The van der Waals surface area contributed by atoms with Crippen molar-refractivity contribution in [2.24, 2.45) is 44.8 Å². The van der Waals surface area contributed by atoms with Gasteiger partial charge in [0, 0.05) is 0 Å². The van der Waals surface area contributed by atoms with Crippen LogP contribution in [0, 0.1) is 44.8 Å². The number of hydrogen-bond donors (Lipinski definition) is 0. The summed E-state index contributed by atoms with van der Waals surface area (Å²) < 4.78 is 0. The van der Waals surface area contributed by atoms with E-state index >= 15 is 0 Å². The average molecular weight is 391 g/mol. The molecule has 8 saturated carbocycles. The molecule has 8 bridgehead atoms. The smallest absolute Gasteiger partial charge is 0.0102 e. The minimum Gasteiger partial charge on any atom is -0.0911 e. The van der Waals surface area contributed by atoms with Gasteiger partial charge in [0.05, 0.1) is 0 Å². The van der Waals surface area contributed by atoms with Gasteiger partial charge in [-0.25, -0.2) is 0 Å². The van der Waals surface area contributed by atoms with Gasteiger partial charge in [0.1, 0.15) is 0 Å². The molecule has 0 aliphatic heterocycles. The highest BCUT2D eigenvalue weighted by molar-refractivity contribution is 5.27. The van der Waals surface area contributed by atoms with Gasteiger partial charge < -0.3 is 0 Å². The van der Waals surface area contributed by atoms with Crippen molar-refractivity contribution in [2.45, 2.75) is 97.8 Å². The summed E-state index contributed by atoms with van der Waals surface area (Å²) in [6.45, 7) is 6.83. The van der Waals surface area contributed by atoms with Gasteiger partial charge in [-0.2, -0.15) is 0 Å². The Morgan fingerprint density at radius 1 is 0.483 bits per heavy atom. The molecular formula is C29H42. The van der Waals surface area contributed by atoms with E-state index in [1.165, 1.54) is 51.4 Å². The van der Waals surface area contributed by atoms with Gasteiger partial charge in [-0.3, -0.25) is 0 Å². The Labute approximate surface area is 179 Å². The molecule has 29 heavy (non-hydrogen) atoms. The van der Waals surface area contributed by atoms with Crippen molar-refractivity contribution in [2.75, 3.05) is 0 Å². The number of allylic oxidation sites excluding steroid dienone is 6. The fourth-order valence-electron chi connectivity index (χ4n) is 11.8. The lowest BCUT2D eigenvalue weighted by Gasteiger charge is -2.75. The van der Waals surface area contributed by atoms with Crippen LogP contribution in [0.4, 0.5) is 0 Å². The summed E-state index contributed by atoms with van der Waals surface area (Å²) in [7, 11) is 0. The maximum absolute atomic E-state index is 2.69. The zero-order valence-electron chi connectivity index (χ0n) is 19.2. The molecular weight excluding hydrogens is 348 g/mol. The molecule has 8 rings (SSSR count). The first kappa shape index (κ1) is 18.9. The Hall–Kier alpha value is -0.780. The third-order valence-corrected chi connectivity index (χ3v) is 10.9. The number of rotatable bonds is 4. The Morgan fingerprint density at radius 2 is 0.931 bits per heavy atom. The SMILES string of the molecule is CC=CC12CC3CC(C1)CC(C14CC5CC(C=CC)(CC(C=CC)(C5)C1)C4)(C3)C2. The fraction of sp³-hybridized carbons (Fsp3) is 0.793.